The summed E-state index contributed by atoms with van der Waals surface area (Å²) in [4.78, 5) is 20.8. The fourth-order valence-electron chi connectivity index (χ4n) is 2.73. The zero-order valence-corrected chi connectivity index (χ0v) is 14.5. The number of carbonyl (C=O) groups excluding carboxylic acids is 1. The summed E-state index contributed by atoms with van der Waals surface area (Å²) in [5.41, 5.74) is 5.91. The average Bonchev–Trinajstić information content (AvgIpc) is 3.06. The van der Waals surface area contributed by atoms with Crippen molar-refractivity contribution in [3.8, 4) is 11.5 Å². The van der Waals surface area contributed by atoms with Gasteiger partial charge in [0.05, 0.1) is 5.56 Å². The molecule has 0 atom stereocenters. The van der Waals surface area contributed by atoms with Gasteiger partial charge in [-0.15, -0.1) is 0 Å². The molecule has 0 spiro atoms. The van der Waals surface area contributed by atoms with Gasteiger partial charge in [-0.2, -0.15) is 0 Å². The smallest absolute Gasteiger partial charge is 0.257 e. The number of aryl methyl sites for hydroxylation is 2. The number of rotatable bonds is 3. The second-order valence-electron chi connectivity index (χ2n) is 6.20. The van der Waals surface area contributed by atoms with Crippen molar-refractivity contribution in [3.05, 3.63) is 77.6 Å². The lowest BCUT2D eigenvalue weighted by molar-refractivity contribution is 0.102. The Morgan fingerprint density at radius 3 is 2.69 bits per heavy atom. The molecule has 0 aliphatic carbocycles. The number of nitrogens with one attached hydrogen (secondary N) is 1. The first-order valence-electron chi connectivity index (χ1n) is 8.30. The number of carbonyl (C=O) groups is 1. The van der Waals surface area contributed by atoms with Crippen molar-refractivity contribution in [1.29, 1.82) is 0 Å². The Morgan fingerprint density at radius 1 is 1.04 bits per heavy atom. The highest BCUT2D eigenvalue weighted by atomic mass is 16.3. The Bertz CT molecular complexity index is 1060. The Hall–Kier alpha value is -3.47. The highest BCUT2D eigenvalue weighted by molar-refractivity contribution is 6.04. The maximum Gasteiger partial charge on any atom is 0.257 e. The van der Waals surface area contributed by atoms with Crippen LogP contribution in [0.5, 0.6) is 0 Å². The zero-order chi connectivity index (χ0) is 18.1. The second-order valence-corrected chi connectivity index (χ2v) is 6.20. The van der Waals surface area contributed by atoms with E-state index >= 15 is 0 Å². The minimum absolute atomic E-state index is 0.209. The Morgan fingerprint density at radius 2 is 1.88 bits per heavy atom. The van der Waals surface area contributed by atoms with Gasteiger partial charge in [0.2, 0.25) is 5.89 Å². The summed E-state index contributed by atoms with van der Waals surface area (Å²) in [6, 6.07) is 14.9. The number of amides is 1. The first kappa shape index (κ1) is 16.0. The molecule has 2 aromatic heterocycles. The number of pyridine rings is 1. The van der Waals surface area contributed by atoms with Crippen LogP contribution in [-0.4, -0.2) is 15.9 Å². The van der Waals surface area contributed by atoms with Crippen LogP contribution in [0.3, 0.4) is 0 Å². The average molecular weight is 343 g/mol. The summed E-state index contributed by atoms with van der Waals surface area (Å²) in [6.07, 6.45) is 3.17. The van der Waals surface area contributed by atoms with Crippen LogP contribution in [0.1, 0.15) is 21.5 Å². The first-order valence-corrected chi connectivity index (χ1v) is 8.30. The van der Waals surface area contributed by atoms with Crippen molar-refractivity contribution in [1.82, 2.24) is 9.97 Å². The molecular formula is C21H17N3O2. The van der Waals surface area contributed by atoms with Crippen LogP contribution in [0.25, 0.3) is 22.6 Å². The third-order valence-electron chi connectivity index (χ3n) is 4.30. The number of fused-ring (bicyclic) bond motifs is 1. The van der Waals surface area contributed by atoms with Crippen molar-refractivity contribution in [2.45, 2.75) is 13.8 Å². The number of anilines is 1. The van der Waals surface area contributed by atoms with Crippen molar-refractivity contribution in [2.75, 3.05) is 5.32 Å². The van der Waals surface area contributed by atoms with Gasteiger partial charge in [0.1, 0.15) is 5.52 Å². The summed E-state index contributed by atoms with van der Waals surface area (Å²) in [7, 11) is 0. The normalized spacial score (nSPS) is 10.8. The monoisotopic (exact) mass is 343 g/mol. The summed E-state index contributed by atoms with van der Waals surface area (Å²) in [5.74, 6) is 0.321. The number of hydrogen-bond acceptors (Lipinski definition) is 4. The number of aromatic nitrogens is 2. The highest BCUT2D eigenvalue weighted by Crippen LogP contribution is 2.28. The van der Waals surface area contributed by atoms with Crippen molar-refractivity contribution < 1.29 is 9.21 Å². The lowest BCUT2D eigenvalue weighted by atomic mass is 10.1. The minimum Gasteiger partial charge on any atom is -0.436 e. The largest absolute Gasteiger partial charge is 0.436 e. The summed E-state index contributed by atoms with van der Waals surface area (Å²) in [5, 5.41) is 2.87. The second kappa shape index (κ2) is 6.44. The molecule has 26 heavy (non-hydrogen) atoms. The Balaban J connectivity index is 1.64. The third-order valence-corrected chi connectivity index (χ3v) is 4.30. The molecule has 0 unspecified atom stereocenters. The quantitative estimate of drug-likeness (QED) is 0.582. The van der Waals surface area contributed by atoms with Gasteiger partial charge in [-0.25, -0.2) is 4.98 Å². The van der Waals surface area contributed by atoms with E-state index in [1.54, 1.807) is 18.3 Å². The van der Waals surface area contributed by atoms with Gasteiger partial charge in [0.25, 0.3) is 5.91 Å². The predicted octanol–water partition coefficient (Wildman–Crippen LogP) is 4.76. The predicted molar refractivity (Wildman–Crippen MR) is 101 cm³/mol. The van der Waals surface area contributed by atoms with Gasteiger partial charge < -0.3 is 9.73 Å². The van der Waals surface area contributed by atoms with E-state index in [1.807, 2.05) is 43.3 Å². The molecule has 128 valence electrons. The van der Waals surface area contributed by atoms with Crippen LogP contribution in [0.15, 0.2) is 65.3 Å². The molecule has 1 amide bonds. The SMILES string of the molecule is Cc1cc2nc(-c3cccc(NC(=O)c4cccnc4)c3)oc2cc1C. The van der Waals surface area contributed by atoms with Crippen LogP contribution < -0.4 is 5.32 Å². The Labute approximate surface area is 150 Å². The summed E-state index contributed by atoms with van der Waals surface area (Å²) < 4.78 is 5.90. The molecule has 0 aliphatic heterocycles. The number of nitrogens with zero attached hydrogens (tertiary/aromatic N) is 2. The van der Waals surface area contributed by atoms with Gasteiger partial charge in [0.15, 0.2) is 5.58 Å². The molecule has 2 heterocycles. The van der Waals surface area contributed by atoms with Crippen LogP contribution in [-0.2, 0) is 0 Å². The molecule has 0 saturated heterocycles. The standard InChI is InChI=1S/C21H17N3O2/c1-13-9-18-19(10-14(13)2)26-21(24-18)15-5-3-7-17(11-15)23-20(25)16-6-4-8-22-12-16/h3-12H,1-2H3,(H,23,25). The number of benzene rings is 2. The lowest BCUT2D eigenvalue weighted by Crippen LogP contribution is -2.11. The van der Waals surface area contributed by atoms with E-state index in [-0.39, 0.29) is 5.91 Å². The maximum atomic E-state index is 12.3. The molecule has 5 nitrogen and oxygen atoms in total. The zero-order valence-electron chi connectivity index (χ0n) is 14.5. The molecule has 0 radical (unpaired) electrons. The molecule has 2 aromatic carbocycles. The van der Waals surface area contributed by atoms with Crippen LogP contribution in [0.4, 0.5) is 5.69 Å². The van der Waals surface area contributed by atoms with E-state index in [4.69, 9.17) is 4.42 Å². The minimum atomic E-state index is -0.209. The molecule has 1 N–H and O–H groups in total. The van der Waals surface area contributed by atoms with E-state index < -0.39 is 0 Å². The highest BCUT2D eigenvalue weighted by Gasteiger charge is 2.11. The Kier molecular flexibility index (Phi) is 3.97. The van der Waals surface area contributed by atoms with Crippen LogP contribution >= 0.6 is 0 Å². The molecule has 4 aromatic rings. The summed E-state index contributed by atoms with van der Waals surface area (Å²) in [6.45, 7) is 4.10. The molecular weight excluding hydrogens is 326 g/mol. The van der Waals surface area contributed by atoms with E-state index in [0.29, 0.717) is 17.1 Å². The van der Waals surface area contributed by atoms with Gasteiger partial charge in [0, 0.05) is 23.6 Å². The molecule has 4 rings (SSSR count). The third kappa shape index (κ3) is 3.07. The topological polar surface area (TPSA) is 68.0 Å². The molecule has 0 saturated carbocycles. The van der Waals surface area contributed by atoms with Crippen molar-refractivity contribution >= 4 is 22.7 Å². The van der Waals surface area contributed by atoms with E-state index in [2.05, 4.69) is 22.2 Å². The molecule has 0 bridgehead atoms. The van der Waals surface area contributed by atoms with Gasteiger partial charge in [-0.1, -0.05) is 6.07 Å². The molecule has 0 aliphatic rings. The van der Waals surface area contributed by atoms with E-state index in [9.17, 15) is 4.79 Å². The summed E-state index contributed by atoms with van der Waals surface area (Å²) >= 11 is 0. The molecule has 0 fully saturated rings. The van der Waals surface area contributed by atoms with Gasteiger partial charge in [-0.3, -0.25) is 9.78 Å². The van der Waals surface area contributed by atoms with Gasteiger partial charge in [-0.05, 0) is 67.4 Å². The van der Waals surface area contributed by atoms with Crippen LogP contribution in [0.2, 0.25) is 0 Å². The maximum absolute atomic E-state index is 12.3. The lowest BCUT2D eigenvalue weighted by Gasteiger charge is -2.06. The number of hydrogen-bond donors (Lipinski definition) is 1. The van der Waals surface area contributed by atoms with Crippen LogP contribution in [0, 0.1) is 13.8 Å². The fourth-order valence-corrected chi connectivity index (χ4v) is 2.73. The van der Waals surface area contributed by atoms with E-state index in [1.165, 1.54) is 11.8 Å². The fraction of sp³-hybridized carbons (Fsp3) is 0.0952. The van der Waals surface area contributed by atoms with Gasteiger partial charge >= 0.3 is 0 Å². The first-order chi connectivity index (χ1) is 12.6. The van der Waals surface area contributed by atoms with E-state index in [0.717, 1.165) is 22.2 Å². The number of oxazole rings is 1. The van der Waals surface area contributed by atoms with Crippen molar-refractivity contribution in [3.63, 3.8) is 0 Å². The molecule has 5 heteroatoms. The van der Waals surface area contributed by atoms with Crippen molar-refractivity contribution in [2.24, 2.45) is 0 Å².